The standard InChI is InChI=1S/C13H21N5O2/c1-2-8-14-12-7-6-11(18(19)20)13(15-12)16-17-9-4-3-5-10-17/h6-7H,2-5,8-10H2,1H3,(H2,14,15,16). The van der Waals surface area contributed by atoms with Gasteiger partial charge in [0.2, 0.25) is 5.82 Å². The molecule has 1 fully saturated rings. The summed E-state index contributed by atoms with van der Waals surface area (Å²) in [6, 6.07) is 3.15. The van der Waals surface area contributed by atoms with Crippen molar-refractivity contribution in [2.24, 2.45) is 0 Å². The van der Waals surface area contributed by atoms with E-state index >= 15 is 0 Å². The first-order valence-electron chi connectivity index (χ1n) is 7.11. The smallest absolute Gasteiger partial charge is 0.312 e. The minimum atomic E-state index is -0.400. The molecule has 0 spiro atoms. The molecule has 0 aromatic carbocycles. The molecular weight excluding hydrogens is 258 g/mol. The number of nitrogens with zero attached hydrogens (tertiary/aromatic N) is 3. The second-order valence-corrected chi connectivity index (χ2v) is 4.91. The summed E-state index contributed by atoms with van der Waals surface area (Å²) in [4.78, 5) is 15.0. The van der Waals surface area contributed by atoms with E-state index in [2.05, 4.69) is 22.7 Å². The Balaban J connectivity index is 2.14. The predicted octanol–water partition coefficient (Wildman–Crippen LogP) is 2.62. The highest BCUT2D eigenvalue weighted by atomic mass is 16.6. The number of nitrogens with one attached hydrogen (secondary N) is 2. The van der Waals surface area contributed by atoms with Gasteiger partial charge in [-0.15, -0.1) is 0 Å². The number of nitro groups is 1. The van der Waals surface area contributed by atoms with Crippen molar-refractivity contribution >= 4 is 17.3 Å². The van der Waals surface area contributed by atoms with E-state index in [1.807, 2.05) is 5.01 Å². The lowest BCUT2D eigenvalue weighted by Gasteiger charge is -2.27. The first-order chi connectivity index (χ1) is 9.70. The monoisotopic (exact) mass is 279 g/mol. The summed E-state index contributed by atoms with van der Waals surface area (Å²) in [6.07, 6.45) is 4.41. The zero-order valence-corrected chi connectivity index (χ0v) is 11.8. The Hall–Kier alpha value is -1.89. The Morgan fingerprint density at radius 3 is 2.75 bits per heavy atom. The van der Waals surface area contributed by atoms with Crippen molar-refractivity contribution in [3.05, 3.63) is 22.2 Å². The fraction of sp³-hybridized carbons (Fsp3) is 0.615. The highest BCUT2D eigenvalue weighted by Gasteiger charge is 2.19. The summed E-state index contributed by atoms with van der Waals surface area (Å²) in [7, 11) is 0. The van der Waals surface area contributed by atoms with Crippen LogP contribution in [0.2, 0.25) is 0 Å². The Morgan fingerprint density at radius 2 is 2.10 bits per heavy atom. The van der Waals surface area contributed by atoms with Gasteiger partial charge in [0.15, 0.2) is 0 Å². The summed E-state index contributed by atoms with van der Waals surface area (Å²) in [5.41, 5.74) is 3.10. The van der Waals surface area contributed by atoms with E-state index in [9.17, 15) is 10.1 Å². The van der Waals surface area contributed by atoms with Gasteiger partial charge in [0.25, 0.3) is 0 Å². The van der Waals surface area contributed by atoms with Crippen molar-refractivity contribution in [2.45, 2.75) is 32.6 Å². The number of hydrazine groups is 1. The molecule has 7 nitrogen and oxygen atoms in total. The van der Waals surface area contributed by atoms with Gasteiger partial charge in [-0.05, 0) is 25.3 Å². The van der Waals surface area contributed by atoms with Crippen LogP contribution in [0.1, 0.15) is 32.6 Å². The van der Waals surface area contributed by atoms with E-state index in [-0.39, 0.29) is 5.69 Å². The van der Waals surface area contributed by atoms with Crippen LogP contribution in [0.3, 0.4) is 0 Å². The van der Waals surface area contributed by atoms with Gasteiger partial charge in [-0.25, -0.2) is 9.99 Å². The number of hydrogen-bond acceptors (Lipinski definition) is 6. The molecule has 2 N–H and O–H groups in total. The third kappa shape index (κ3) is 3.80. The summed E-state index contributed by atoms with van der Waals surface area (Å²) in [5, 5.41) is 16.2. The van der Waals surface area contributed by atoms with Crippen molar-refractivity contribution < 1.29 is 4.92 Å². The molecule has 0 saturated carbocycles. The minimum absolute atomic E-state index is 0.0117. The van der Waals surface area contributed by atoms with Crippen LogP contribution < -0.4 is 10.7 Å². The van der Waals surface area contributed by atoms with E-state index in [0.717, 1.165) is 38.9 Å². The van der Waals surface area contributed by atoms with E-state index in [4.69, 9.17) is 0 Å². The van der Waals surface area contributed by atoms with E-state index in [1.54, 1.807) is 6.07 Å². The van der Waals surface area contributed by atoms with Crippen LogP contribution in [-0.4, -0.2) is 34.6 Å². The topological polar surface area (TPSA) is 83.3 Å². The first-order valence-corrected chi connectivity index (χ1v) is 7.11. The van der Waals surface area contributed by atoms with Gasteiger partial charge in [-0.3, -0.25) is 15.5 Å². The highest BCUT2D eigenvalue weighted by Crippen LogP contribution is 2.25. The molecule has 2 heterocycles. The molecule has 7 heteroatoms. The van der Waals surface area contributed by atoms with Crippen molar-refractivity contribution in [3.63, 3.8) is 0 Å². The molecule has 0 atom stereocenters. The van der Waals surface area contributed by atoms with Crippen molar-refractivity contribution in [2.75, 3.05) is 30.4 Å². The third-order valence-electron chi connectivity index (χ3n) is 3.25. The molecule has 0 bridgehead atoms. The third-order valence-corrected chi connectivity index (χ3v) is 3.25. The minimum Gasteiger partial charge on any atom is -0.370 e. The molecule has 1 aromatic rings. The fourth-order valence-corrected chi connectivity index (χ4v) is 2.19. The molecule has 0 unspecified atom stereocenters. The number of aromatic nitrogens is 1. The number of anilines is 2. The van der Waals surface area contributed by atoms with Gasteiger partial charge >= 0.3 is 5.69 Å². The van der Waals surface area contributed by atoms with Crippen LogP contribution in [0.5, 0.6) is 0 Å². The van der Waals surface area contributed by atoms with Crippen molar-refractivity contribution in [1.82, 2.24) is 9.99 Å². The zero-order valence-electron chi connectivity index (χ0n) is 11.8. The molecule has 1 saturated heterocycles. The maximum atomic E-state index is 11.1. The SMILES string of the molecule is CCCNc1ccc([N+](=O)[O-])c(NN2CCCCC2)n1. The Kier molecular flexibility index (Phi) is 5.11. The predicted molar refractivity (Wildman–Crippen MR) is 78.7 cm³/mol. The lowest BCUT2D eigenvalue weighted by molar-refractivity contribution is -0.384. The van der Waals surface area contributed by atoms with E-state index < -0.39 is 4.92 Å². The van der Waals surface area contributed by atoms with Gasteiger partial charge < -0.3 is 5.32 Å². The number of pyridine rings is 1. The van der Waals surface area contributed by atoms with Crippen molar-refractivity contribution in [3.8, 4) is 0 Å². The molecular formula is C13H21N5O2. The average molecular weight is 279 g/mol. The second kappa shape index (κ2) is 7.04. The van der Waals surface area contributed by atoms with Gasteiger partial charge in [0, 0.05) is 25.7 Å². The Bertz CT molecular complexity index is 460. The van der Waals surface area contributed by atoms with Crippen LogP contribution in [0, 0.1) is 10.1 Å². The van der Waals surface area contributed by atoms with Gasteiger partial charge in [0.05, 0.1) is 4.92 Å². The summed E-state index contributed by atoms with van der Waals surface area (Å²) in [5.74, 6) is 0.981. The van der Waals surface area contributed by atoms with Crippen LogP contribution in [0.25, 0.3) is 0 Å². The molecule has 2 rings (SSSR count). The molecule has 1 aromatic heterocycles. The maximum Gasteiger partial charge on any atom is 0.312 e. The molecule has 20 heavy (non-hydrogen) atoms. The normalized spacial score (nSPS) is 15.8. The largest absolute Gasteiger partial charge is 0.370 e. The van der Waals surface area contributed by atoms with E-state index in [1.165, 1.54) is 12.5 Å². The Labute approximate surface area is 118 Å². The molecule has 0 aliphatic carbocycles. The van der Waals surface area contributed by atoms with Crippen LogP contribution in [-0.2, 0) is 0 Å². The van der Waals surface area contributed by atoms with Crippen LogP contribution in [0.4, 0.5) is 17.3 Å². The summed E-state index contributed by atoms with van der Waals surface area (Å²) >= 11 is 0. The first kappa shape index (κ1) is 14.5. The van der Waals surface area contributed by atoms with Crippen LogP contribution in [0.15, 0.2) is 12.1 Å². The molecule has 1 aliphatic rings. The molecule has 110 valence electrons. The van der Waals surface area contributed by atoms with Gasteiger partial charge in [0.1, 0.15) is 5.82 Å². The maximum absolute atomic E-state index is 11.1. The quantitative estimate of drug-likeness (QED) is 0.615. The van der Waals surface area contributed by atoms with Gasteiger partial charge in [-0.2, -0.15) is 0 Å². The zero-order chi connectivity index (χ0) is 14.4. The number of hydrogen-bond donors (Lipinski definition) is 2. The van der Waals surface area contributed by atoms with Gasteiger partial charge in [-0.1, -0.05) is 13.3 Å². The number of rotatable bonds is 6. The highest BCUT2D eigenvalue weighted by molar-refractivity contribution is 5.59. The number of piperidine rings is 1. The molecule has 1 aliphatic heterocycles. The molecule has 0 radical (unpaired) electrons. The van der Waals surface area contributed by atoms with Crippen LogP contribution >= 0.6 is 0 Å². The summed E-state index contributed by atoms with van der Waals surface area (Å²) < 4.78 is 0. The average Bonchev–Trinajstić information content (AvgIpc) is 2.46. The van der Waals surface area contributed by atoms with E-state index in [0.29, 0.717) is 11.6 Å². The lowest BCUT2D eigenvalue weighted by atomic mass is 10.2. The second-order valence-electron chi connectivity index (χ2n) is 4.91. The summed E-state index contributed by atoms with van der Waals surface area (Å²) in [6.45, 7) is 4.65. The fourth-order valence-electron chi connectivity index (χ4n) is 2.19. The molecule has 0 amide bonds. The lowest BCUT2D eigenvalue weighted by Crippen LogP contribution is -2.35. The Morgan fingerprint density at radius 1 is 1.35 bits per heavy atom. The van der Waals surface area contributed by atoms with Crippen molar-refractivity contribution in [1.29, 1.82) is 0 Å².